The largest absolute Gasteiger partial charge is 0.472 e. The molecule has 0 radical (unpaired) electrons. The zero-order valence-electron chi connectivity index (χ0n) is 34.7. The van der Waals surface area contributed by atoms with Crippen LogP contribution in [0.15, 0.2) is 36.5 Å². The molecule has 2 unspecified atom stereocenters. The van der Waals surface area contributed by atoms with E-state index in [0.29, 0.717) is 6.42 Å². The smallest absolute Gasteiger partial charge is 0.463 e. The van der Waals surface area contributed by atoms with Crippen molar-refractivity contribution < 1.29 is 37.9 Å². The summed E-state index contributed by atoms with van der Waals surface area (Å²) in [5.41, 5.74) is 0. The number of ether oxygens (including phenoxy) is 1. The molecule has 0 rings (SSSR count). The van der Waals surface area contributed by atoms with Crippen molar-refractivity contribution in [3.63, 3.8) is 0 Å². The maximum atomic E-state index is 12.1. The molecule has 0 heterocycles. The number of carbonyl (C=O) groups is 2. The monoisotopic (exact) mass is 784 g/mol. The third-order valence-electron chi connectivity index (χ3n) is 9.33. The highest BCUT2D eigenvalue weighted by Crippen LogP contribution is 2.42. The number of amides is 1. The van der Waals surface area contributed by atoms with Crippen LogP contribution in [-0.4, -0.2) is 54.3 Å². The van der Waals surface area contributed by atoms with Gasteiger partial charge in [-0.2, -0.15) is 0 Å². The molecule has 0 aliphatic heterocycles. The third-order valence-corrected chi connectivity index (χ3v) is 10.3. The van der Waals surface area contributed by atoms with Crippen molar-refractivity contribution in [2.45, 2.75) is 206 Å². The number of carbonyl (C=O) groups excluding carboxylic acids is 2. The van der Waals surface area contributed by atoms with Gasteiger partial charge in [0.25, 0.3) is 0 Å². The second-order valence-electron chi connectivity index (χ2n) is 14.6. The lowest BCUT2D eigenvalue weighted by Gasteiger charge is -2.15. The molecule has 3 N–H and O–H groups in total. The fourth-order valence-electron chi connectivity index (χ4n) is 6.04. The van der Waals surface area contributed by atoms with Gasteiger partial charge in [-0.15, -0.1) is 0 Å². The molecule has 316 valence electrons. The molecule has 54 heavy (non-hydrogen) atoms. The molecule has 0 spiro atoms. The lowest BCUT2D eigenvalue weighted by Crippen LogP contribution is -2.27. The van der Waals surface area contributed by atoms with Crippen LogP contribution in [0.1, 0.15) is 200 Å². The SMILES string of the molecule is CC/C=C\C/C=C\C/C=C\CCCCCCCCCC(=O)OCC(O)COP(=O)(O)OCCNC(=O)CCCCCCCCCCCCCCCCCC. The second kappa shape index (κ2) is 40.9. The number of esters is 1. The van der Waals surface area contributed by atoms with Gasteiger partial charge in [-0.1, -0.05) is 179 Å². The molecule has 0 fully saturated rings. The number of hydrogen-bond donors (Lipinski definition) is 3. The molecule has 0 aromatic rings. The van der Waals surface area contributed by atoms with Gasteiger partial charge in [0.1, 0.15) is 12.7 Å². The molecule has 0 bridgehead atoms. The van der Waals surface area contributed by atoms with Gasteiger partial charge < -0.3 is 20.1 Å². The van der Waals surface area contributed by atoms with Crippen molar-refractivity contribution in [2.75, 3.05) is 26.4 Å². The first kappa shape index (κ1) is 52.2. The first-order chi connectivity index (χ1) is 26.3. The third kappa shape index (κ3) is 41.4. The van der Waals surface area contributed by atoms with Gasteiger partial charge in [-0.3, -0.25) is 18.6 Å². The van der Waals surface area contributed by atoms with Gasteiger partial charge in [0, 0.05) is 19.4 Å². The minimum absolute atomic E-state index is 0.0828. The van der Waals surface area contributed by atoms with Crippen molar-refractivity contribution in [1.29, 1.82) is 0 Å². The standard InChI is InChI=1S/C44H82NO8P/c1-3-5-7-9-11-13-15-17-19-21-23-25-27-29-31-33-35-37-44(48)51-40-42(46)41-53-54(49,50)52-39-38-45-43(47)36-34-32-30-28-26-24-22-20-18-16-14-12-10-8-6-4-2/h5,7,11,13,17,19,42,46H,3-4,6,8-10,12,14-16,18,20-41H2,1-2H3,(H,45,47)(H,49,50)/b7-5-,13-11-,19-17-. The van der Waals surface area contributed by atoms with Crippen molar-refractivity contribution in [2.24, 2.45) is 0 Å². The number of aliphatic hydroxyl groups excluding tert-OH is 1. The highest BCUT2D eigenvalue weighted by molar-refractivity contribution is 7.47. The maximum Gasteiger partial charge on any atom is 0.472 e. The first-order valence-corrected chi connectivity index (χ1v) is 23.5. The molecule has 0 saturated heterocycles. The van der Waals surface area contributed by atoms with Gasteiger partial charge in [-0.25, -0.2) is 4.57 Å². The van der Waals surface area contributed by atoms with E-state index in [0.717, 1.165) is 70.6 Å². The van der Waals surface area contributed by atoms with Crippen LogP contribution in [-0.2, 0) is 27.9 Å². The Morgan fingerprint density at radius 1 is 0.593 bits per heavy atom. The van der Waals surface area contributed by atoms with E-state index in [1.807, 2.05) is 0 Å². The number of rotatable bonds is 41. The Bertz CT molecular complexity index is 986. The quantitative estimate of drug-likeness (QED) is 0.0242. The highest BCUT2D eigenvalue weighted by atomic mass is 31.2. The second-order valence-corrected chi connectivity index (χ2v) is 16.1. The van der Waals surface area contributed by atoms with E-state index < -0.39 is 26.5 Å². The van der Waals surface area contributed by atoms with Crippen LogP contribution in [0, 0.1) is 0 Å². The summed E-state index contributed by atoms with van der Waals surface area (Å²) in [5.74, 6) is -0.522. The van der Waals surface area contributed by atoms with E-state index in [-0.39, 0.29) is 32.1 Å². The number of allylic oxidation sites excluding steroid dienone is 6. The summed E-state index contributed by atoms with van der Waals surface area (Å²) in [6.45, 7) is 3.45. The van der Waals surface area contributed by atoms with Crippen molar-refractivity contribution >= 4 is 19.7 Å². The zero-order valence-corrected chi connectivity index (χ0v) is 35.6. The summed E-state index contributed by atoms with van der Waals surface area (Å²) in [5, 5.41) is 12.7. The van der Waals surface area contributed by atoms with Crippen molar-refractivity contribution in [3.8, 4) is 0 Å². The van der Waals surface area contributed by atoms with Crippen LogP contribution in [0.3, 0.4) is 0 Å². The average molecular weight is 784 g/mol. The van der Waals surface area contributed by atoms with Crippen LogP contribution >= 0.6 is 7.82 Å². The summed E-state index contributed by atoms with van der Waals surface area (Å²) in [6.07, 6.45) is 45.0. The maximum absolute atomic E-state index is 12.1. The average Bonchev–Trinajstić information content (AvgIpc) is 3.16. The first-order valence-electron chi connectivity index (χ1n) is 22.0. The molecule has 1 amide bonds. The van der Waals surface area contributed by atoms with Gasteiger partial charge >= 0.3 is 13.8 Å². The Kier molecular flexibility index (Phi) is 39.5. The lowest BCUT2D eigenvalue weighted by atomic mass is 10.0. The predicted molar refractivity (Wildman–Crippen MR) is 224 cm³/mol. The van der Waals surface area contributed by atoms with E-state index in [9.17, 15) is 24.2 Å². The minimum atomic E-state index is -4.42. The molecule has 9 nitrogen and oxygen atoms in total. The van der Waals surface area contributed by atoms with E-state index in [4.69, 9.17) is 13.8 Å². The topological polar surface area (TPSA) is 131 Å². The van der Waals surface area contributed by atoms with E-state index >= 15 is 0 Å². The zero-order chi connectivity index (χ0) is 39.6. The Morgan fingerprint density at radius 3 is 1.59 bits per heavy atom. The molecule has 0 saturated carbocycles. The molecule has 2 atom stereocenters. The van der Waals surface area contributed by atoms with Crippen LogP contribution in [0.2, 0.25) is 0 Å². The van der Waals surface area contributed by atoms with Crippen LogP contribution in [0.5, 0.6) is 0 Å². The number of hydrogen-bond acceptors (Lipinski definition) is 7. The Hall–Kier alpha value is -1.77. The number of phosphoric acid groups is 1. The van der Waals surface area contributed by atoms with Crippen LogP contribution in [0.25, 0.3) is 0 Å². The van der Waals surface area contributed by atoms with Crippen molar-refractivity contribution in [1.82, 2.24) is 5.32 Å². The molecule has 10 heteroatoms. The van der Waals surface area contributed by atoms with E-state index in [1.54, 1.807) is 0 Å². The molecular weight excluding hydrogens is 701 g/mol. The van der Waals surface area contributed by atoms with Crippen LogP contribution < -0.4 is 5.32 Å². The molecule has 0 aromatic carbocycles. The van der Waals surface area contributed by atoms with Gasteiger partial charge in [0.05, 0.1) is 13.2 Å². The molecule has 0 aliphatic carbocycles. The van der Waals surface area contributed by atoms with Gasteiger partial charge in [-0.05, 0) is 44.9 Å². The fourth-order valence-corrected chi connectivity index (χ4v) is 6.80. The fraction of sp³-hybridized carbons (Fsp3) is 0.818. The minimum Gasteiger partial charge on any atom is -0.463 e. The molecule has 0 aromatic heterocycles. The molecule has 0 aliphatic rings. The summed E-state index contributed by atoms with van der Waals surface area (Å²) in [7, 11) is -4.42. The number of phosphoric ester groups is 1. The van der Waals surface area contributed by atoms with Gasteiger partial charge in [0.2, 0.25) is 5.91 Å². The Morgan fingerprint density at radius 2 is 1.06 bits per heavy atom. The van der Waals surface area contributed by atoms with E-state index in [1.165, 1.54) is 103 Å². The summed E-state index contributed by atoms with van der Waals surface area (Å²) in [6, 6.07) is 0. The summed E-state index contributed by atoms with van der Waals surface area (Å²) < 4.78 is 26.9. The number of nitrogens with one attached hydrogen (secondary N) is 1. The lowest BCUT2D eigenvalue weighted by molar-refractivity contribution is -0.147. The van der Waals surface area contributed by atoms with Crippen LogP contribution in [0.4, 0.5) is 0 Å². The number of aliphatic hydroxyl groups is 1. The highest BCUT2D eigenvalue weighted by Gasteiger charge is 2.23. The van der Waals surface area contributed by atoms with Gasteiger partial charge in [0.15, 0.2) is 0 Å². The summed E-state index contributed by atoms with van der Waals surface area (Å²) >= 11 is 0. The number of unbranched alkanes of at least 4 members (excludes halogenated alkanes) is 22. The van der Waals surface area contributed by atoms with E-state index in [2.05, 4.69) is 55.6 Å². The Balaban J connectivity index is 3.59. The predicted octanol–water partition coefficient (Wildman–Crippen LogP) is 12.2. The summed E-state index contributed by atoms with van der Waals surface area (Å²) in [4.78, 5) is 33.9. The molecular formula is C44H82NO8P. The normalized spacial score (nSPS) is 13.6. The Labute approximate surface area is 331 Å². The van der Waals surface area contributed by atoms with Crippen molar-refractivity contribution in [3.05, 3.63) is 36.5 Å².